The number of benzene rings is 1. The number of ether oxygens (including phenoxy) is 1. The van der Waals surface area contributed by atoms with Crippen LogP contribution in [0.2, 0.25) is 0 Å². The summed E-state index contributed by atoms with van der Waals surface area (Å²) in [6.45, 7) is 5.38. The fraction of sp³-hybridized carbons (Fsp3) is 0.267. The molecule has 0 aliphatic heterocycles. The lowest BCUT2D eigenvalue weighted by Gasteiger charge is -2.04. The SMILES string of the molecule is CCOC(=O)c1cc(C(C)=NNS(=O)(=O)c2ccc(C)cc2)n[nH]1. The third kappa shape index (κ3) is 4.19. The van der Waals surface area contributed by atoms with E-state index in [4.69, 9.17) is 4.74 Å². The van der Waals surface area contributed by atoms with Crippen molar-refractivity contribution in [2.45, 2.75) is 25.7 Å². The summed E-state index contributed by atoms with van der Waals surface area (Å²) in [6.07, 6.45) is 0. The molecule has 2 aromatic rings. The molecule has 1 aromatic heterocycles. The number of sulfonamides is 1. The Labute approximate surface area is 140 Å². The minimum atomic E-state index is -3.77. The highest BCUT2D eigenvalue weighted by molar-refractivity contribution is 7.89. The van der Waals surface area contributed by atoms with Crippen LogP contribution >= 0.6 is 0 Å². The number of rotatable bonds is 6. The van der Waals surface area contributed by atoms with Crippen LogP contribution in [0.1, 0.15) is 35.6 Å². The minimum Gasteiger partial charge on any atom is -0.461 e. The molecule has 0 saturated heterocycles. The van der Waals surface area contributed by atoms with Gasteiger partial charge in [-0.15, -0.1) is 0 Å². The number of hydrogen-bond acceptors (Lipinski definition) is 6. The number of esters is 1. The zero-order valence-corrected chi connectivity index (χ0v) is 14.3. The second-order valence-electron chi connectivity index (χ2n) is 4.99. The first kappa shape index (κ1) is 17.7. The van der Waals surface area contributed by atoms with Gasteiger partial charge < -0.3 is 4.74 Å². The van der Waals surface area contributed by atoms with Gasteiger partial charge in [0.15, 0.2) is 0 Å². The lowest BCUT2D eigenvalue weighted by molar-refractivity contribution is 0.0519. The van der Waals surface area contributed by atoms with E-state index in [0.29, 0.717) is 11.4 Å². The van der Waals surface area contributed by atoms with Gasteiger partial charge >= 0.3 is 5.97 Å². The Morgan fingerprint density at radius 3 is 2.62 bits per heavy atom. The Morgan fingerprint density at radius 2 is 2.00 bits per heavy atom. The molecule has 0 fully saturated rings. The number of nitrogens with zero attached hydrogens (tertiary/aromatic N) is 2. The van der Waals surface area contributed by atoms with Crippen LogP contribution in [0.25, 0.3) is 0 Å². The number of H-pyrrole nitrogens is 1. The summed E-state index contributed by atoms with van der Waals surface area (Å²) < 4.78 is 29.2. The highest BCUT2D eigenvalue weighted by atomic mass is 32.2. The molecule has 128 valence electrons. The van der Waals surface area contributed by atoms with Crippen LogP contribution in [0.3, 0.4) is 0 Å². The van der Waals surface area contributed by atoms with Gasteiger partial charge in [-0.3, -0.25) is 5.10 Å². The Kier molecular flexibility index (Phi) is 5.35. The number of aromatic nitrogens is 2. The topological polar surface area (TPSA) is 114 Å². The fourth-order valence-electron chi connectivity index (χ4n) is 1.78. The van der Waals surface area contributed by atoms with Gasteiger partial charge in [-0.2, -0.15) is 23.4 Å². The molecule has 24 heavy (non-hydrogen) atoms. The van der Waals surface area contributed by atoms with Crippen molar-refractivity contribution in [3.63, 3.8) is 0 Å². The maximum Gasteiger partial charge on any atom is 0.356 e. The molecule has 9 heteroatoms. The standard InChI is InChI=1S/C15H18N4O4S/c1-4-23-15(20)14-9-13(17-18-14)11(3)16-19-24(21,22)12-7-5-10(2)6-8-12/h5-9,19H,4H2,1-3H3,(H,17,18). The number of hydrazone groups is 1. The van der Waals surface area contributed by atoms with E-state index < -0.39 is 16.0 Å². The van der Waals surface area contributed by atoms with Gasteiger partial charge in [0, 0.05) is 0 Å². The van der Waals surface area contributed by atoms with Crippen molar-refractivity contribution in [1.29, 1.82) is 0 Å². The van der Waals surface area contributed by atoms with Gasteiger partial charge in [0.05, 0.1) is 17.2 Å². The van der Waals surface area contributed by atoms with Crippen LogP contribution in [0, 0.1) is 6.92 Å². The summed E-state index contributed by atoms with van der Waals surface area (Å²) in [4.78, 5) is 13.8. The molecule has 0 aliphatic rings. The number of carbonyl (C=O) groups excluding carboxylic acids is 1. The van der Waals surface area contributed by atoms with Gasteiger partial charge in [-0.1, -0.05) is 17.7 Å². The second kappa shape index (κ2) is 7.26. The number of aryl methyl sites for hydroxylation is 1. The van der Waals surface area contributed by atoms with Gasteiger partial charge in [0.25, 0.3) is 10.0 Å². The Hall–Kier alpha value is -2.68. The zero-order valence-electron chi connectivity index (χ0n) is 13.5. The van der Waals surface area contributed by atoms with E-state index in [1.165, 1.54) is 18.2 Å². The van der Waals surface area contributed by atoms with Crippen molar-refractivity contribution < 1.29 is 17.9 Å². The van der Waals surface area contributed by atoms with E-state index in [2.05, 4.69) is 20.1 Å². The quantitative estimate of drug-likeness (QED) is 0.467. The largest absolute Gasteiger partial charge is 0.461 e. The Morgan fingerprint density at radius 1 is 1.33 bits per heavy atom. The molecule has 0 bridgehead atoms. The number of carbonyl (C=O) groups is 1. The summed E-state index contributed by atoms with van der Waals surface area (Å²) >= 11 is 0. The molecule has 0 saturated carbocycles. The first-order valence-corrected chi connectivity index (χ1v) is 8.67. The third-order valence-electron chi connectivity index (χ3n) is 3.11. The minimum absolute atomic E-state index is 0.110. The van der Waals surface area contributed by atoms with Crippen molar-refractivity contribution >= 4 is 21.7 Å². The van der Waals surface area contributed by atoms with E-state index in [-0.39, 0.29) is 17.2 Å². The summed E-state index contributed by atoms with van der Waals surface area (Å²) in [6, 6.07) is 7.83. The van der Waals surface area contributed by atoms with Crippen LogP contribution in [0.4, 0.5) is 0 Å². The van der Waals surface area contributed by atoms with Crippen LogP contribution in [-0.2, 0) is 14.8 Å². The Bertz CT molecular complexity index is 854. The average Bonchev–Trinajstić information content (AvgIpc) is 3.03. The predicted octanol–water partition coefficient (Wildman–Crippen LogP) is 1.60. The smallest absolute Gasteiger partial charge is 0.356 e. The molecule has 2 N–H and O–H groups in total. The molecule has 8 nitrogen and oxygen atoms in total. The molecule has 0 amide bonds. The van der Waals surface area contributed by atoms with E-state index >= 15 is 0 Å². The van der Waals surface area contributed by atoms with Crippen molar-refractivity contribution in [2.75, 3.05) is 6.61 Å². The first-order valence-electron chi connectivity index (χ1n) is 7.19. The van der Waals surface area contributed by atoms with E-state index in [9.17, 15) is 13.2 Å². The van der Waals surface area contributed by atoms with Crippen LogP contribution in [0.15, 0.2) is 40.3 Å². The summed E-state index contributed by atoms with van der Waals surface area (Å²) in [5.74, 6) is -0.538. The third-order valence-corrected chi connectivity index (χ3v) is 4.33. The normalized spacial score (nSPS) is 12.0. The van der Waals surface area contributed by atoms with Crippen molar-refractivity contribution in [3.8, 4) is 0 Å². The van der Waals surface area contributed by atoms with Crippen LogP contribution in [-0.4, -0.2) is 36.9 Å². The molecule has 0 radical (unpaired) electrons. The van der Waals surface area contributed by atoms with Crippen molar-refractivity contribution in [1.82, 2.24) is 15.0 Å². The van der Waals surface area contributed by atoms with Crippen molar-refractivity contribution in [2.24, 2.45) is 5.10 Å². The summed E-state index contributed by atoms with van der Waals surface area (Å²) in [7, 11) is -3.77. The van der Waals surface area contributed by atoms with E-state index in [0.717, 1.165) is 5.56 Å². The molecule has 0 atom stereocenters. The molecular weight excluding hydrogens is 332 g/mol. The number of nitrogens with one attached hydrogen (secondary N) is 2. The average molecular weight is 350 g/mol. The van der Waals surface area contributed by atoms with Gasteiger partial charge in [0.2, 0.25) is 0 Å². The molecular formula is C15H18N4O4S. The molecule has 0 spiro atoms. The summed E-state index contributed by atoms with van der Waals surface area (Å²) in [5.41, 5.74) is 1.77. The number of aromatic amines is 1. The molecule has 2 rings (SSSR count). The predicted molar refractivity (Wildman–Crippen MR) is 88.3 cm³/mol. The van der Waals surface area contributed by atoms with E-state index in [1.807, 2.05) is 6.92 Å². The van der Waals surface area contributed by atoms with Crippen LogP contribution < -0.4 is 4.83 Å². The maximum absolute atomic E-state index is 12.2. The first-order chi connectivity index (χ1) is 11.3. The second-order valence-corrected chi connectivity index (χ2v) is 6.65. The van der Waals surface area contributed by atoms with Gasteiger partial charge in [-0.25, -0.2) is 4.79 Å². The van der Waals surface area contributed by atoms with Crippen molar-refractivity contribution in [3.05, 3.63) is 47.3 Å². The summed E-state index contributed by atoms with van der Waals surface area (Å²) in [5, 5.41) is 10.3. The lowest BCUT2D eigenvalue weighted by Crippen LogP contribution is -2.20. The highest BCUT2D eigenvalue weighted by Crippen LogP contribution is 2.10. The maximum atomic E-state index is 12.2. The Balaban J connectivity index is 2.13. The zero-order chi connectivity index (χ0) is 17.7. The van der Waals surface area contributed by atoms with E-state index in [1.54, 1.807) is 26.0 Å². The molecule has 1 aromatic carbocycles. The molecule has 0 aliphatic carbocycles. The van der Waals surface area contributed by atoms with Gasteiger partial charge in [0.1, 0.15) is 11.4 Å². The number of hydrogen-bond donors (Lipinski definition) is 2. The van der Waals surface area contributed by atoms with Gasteiger partial charge in [-0.05, 0) is 39.0 Å². The highest BCUT2D eigenvalue weighted by Gasteiger charge is 2.15. The molecule has 1 heterocycles. The lowest BCUT2D eigenvalue weighted by atomic mass is 10.2. The fourth-order valence-corrected chi connectivity index (χ4v) is 2.63. The monoisotopic (exact) mass is 350 g/mol. The molecule has 0 unspecified atom stereocenters. The van der Waals surface area contributed by atoms with Crippen LogP contribution in [0.5, 0.6) is 0 Å².